The molecule has 2 aromatic rings. The van der Waals surface area contributed by atoms with Crippen LogP contribution in [0.1, 0.15) is 18.9 Å². The Bertz CT molecular complexity index is 606. The van der Waals surface area contributed by atoms with Crippen LogP contribution >= 0.6 is 0 Å². The van der Waals surface area contributed by atoms with E-state index < -0.39 is 0 Å². The zero-order valence-corrected chi connectivity index (χ0v) is 11.0. The third-order valence-corrected chi connectivity index (χ3v) is 2.79. The van der Waals surface area contributed by atoms with Crippen LogP contribution in [0.2, 0.25) is 0 Å². The van der Waals surface area contributed by atoms with E-state index in [1.54, 1.807) is 17.0 Å². The van der Waals surface area contributed by atoms with Gasteiger partial charge in [-0.3, -0.25) is 4.79 Å². The Hall–Kier alpha value is -2.30. The lowest BCUT2D eigenvalue weighted by atomic mass is 10.2. The smallest absolute Gasteiger partial charge is 0.293 e. The molecular formula is C14H18N4O. The predicted molar refractivity (Wildman–Crippen MR) is 77.0 cm³/mol. The molecule has 2 rings (SSSR count). The minimum Gasteiger partial charge on any atom is -0.399 e. The van der Waals surface area contributed by atoms with Crippen molar-refractivity contribution in [3.8, 4) is 0 Å². The third kappa shape index (κ3) is 3.34. The molecule has 1 heterocycles. The van der Waals surface area contributed by atoms with Crippen LogP contribution in [-0.4, -0.2) is 9.55 Å². The fourth-order valence-electron chi connectivity index (χ4n) is 1.87. The van der Waals surface area contributed by atoms with E-state index in [0.717, 1.165) is 12.0 Å². The zero-order valence-electron chi connectivity index (χ0n) is 11.0. The van der Waals surface area contributed by atoms with Gasteiger partial charge >= 0.3 is 0 Å². The van der Waals surface area contributed by atoms with Crippen LogP contribution in [0.5, 0.6) is 0 Å². The molecule has 5 heteroatoms. The molecule has 100 valence electrons. The largest absolute Gasteiger partial charge is 0.399 e. The maximum absolute atomic E-state index is 12.1. The van der Waals surface area contributed by atoms with Gasteiger partial charge in [0, 0.05) is 31.2 Å². The maximum atomic E-state index is 12.1. The van der Waals surface area contributed by atoms with Crippen molar-refractivity contribution >= 4 is 11.5 Å². The summed E-state index contributed by atoms with van der Waals surface area (Å²) >= 11 is 0. The molecule has 0 atom stereocenters. The van der Waals surface area contributed by atoms with Gasteiger partial charge in [0.15, 0.2) is 5.82 Å². The lowest BCUT2D eigenvalue weighted by Crippen LogP contribution is -2.24. The second-order valence-corrected chi connectivity index (χ2v) is 4.37. The summed E-state index contributed by atoms with van der Waals surface area (Å²) in [6, 6.07) is 7.55. The van der Waals surface area contributed by atoms with Gasteiger partial charge in [0.1, 0.15) is 0 Å². The van der Waals surface area contributed by atoms with Gasteiger partial charge in [-0.15, -0.1) is 0 Å². The molecule has 0 saturated heterocycles. The van der Waals surface area contributed by atoms with Gasteiger partial charge in [-0.25, -0.2) is 4.98 Å². The van der Waals surface area contributed by atoms with Crippen LogP contribution in [0, 0.1) is 0 Å². The van der Waals surface area contributed by atoms with Crippen LogP contribution in [0.4, 0.5) is 11.5 Å². The molecule has 0 spiro atoms. The molecule has 1 aromatic heterocycles. The summed E-state index contributed by atoms with van der Waals surface area (Å²) in [6.45, 7) is 3.27. The summed E-state index contributed by atoms with van der Waals surface area (Å²) in [6.07, 6.45) is 4.26. The number of anilines is 2. The fourth-order valence-corrected chi connectivity index (χ4v) is 1.87. The molecule has 3 N–H and O–H groups in total. The van der Waals surface area contributed by atoms with Crippen molar-refractivity contribution < 1.29 is 0 Å². The molecule has 0 aliphatic rings. The number of aromatic nitrogens is 2. The number of benzene rings is 1. The summed E-state index contributed by atoms with van der Waals surface area (Å²) in [5, 5.41) is 3.06. The molecule has 19 heavy (non-hydrogen) atoms. The Balaban J connectivity index is 2.11. The van der Waals surface area contributed by atoms with Crippen molar-refractivity contribution in [3.63, 3.8) is 0 Å². The van der Waals surface area contributed by atoms with E-state index >= 15 is 0 Å². The molecule has 0 unspecified atom stereocenters. The first-order valence-corrected chi connectivity index (χ1v) is 6.34. The van der Waals surface area contributed by atoms with Gasteiger partial charge < -0.3 is 15.6 Å². The van der Waals surface area contributed by atoms with Gasteiger partial charge in [0.25, 0.3) is 5.56 Å². The summed E-state index contributed by atoms with van der Waals surface area (Å²) < 4.78 is 1.66. The van der Waals surface area contributed by atoms with Crippen LogP contribution in [-0.2, 0) is 13.1 Å². The second kappa shape index (κ2) is 6.04. The number of hydrogen-bond donors (Lipinski definition) is 2. The number of nitrogens with two attached hydrogens (primary N) is 1. The molecule has 0 saturated carbocycles. The Labute approximate surface area is 112 Å². The molecule has 0 fully saturated rings. The van der Waals surface area contributed by atoms with Crippen molar-refractivity contribution in [2.24, 2.45) is 0 Å². The molecule has 0 bridgehead atoms. The highest BCUT2D eigenvalue weighted by molar-refractivity contribution is 5.42. The highest BCUT2D eigenvalue weighted by Crippen LogP contribution is 2.07. The maximum Gasteiger partial charge on any atom is 0.293 e. The number of nitrogens with zero attached hydrogens (tertiary/aromatic N) is 2. The van der Waals surface area contributed by atoms with Crippen molar-refractivity contribution in [1.29, 1.82) is 0 Å². The third-order valence-electron chi connectivity index (χ3n) is 2.79. The van der Waals surface area contributed by atoms with Crippen LogP contribution < -0.4 is 16.6 Å². The van der Waals surface area contributed by atoms with Gasteiger partial charge in [-0.1, -0.05) is 19.1 Å². The van der Waals surface area contributed by atoms with Crippen LogP contribution in [0.15, 0.2) is 41.5 Å². The monoisotopic (exact) mass is 258 g/mol. The van der Waals surface area contributed by atoms with Crippen molar-refractivity contribution in [2.75, 3.05) is 11.1 Å². The first kappa shape index (κ1) is 13.1. The lowest BCUT2D eigenvalue weighted by molar-refractivity contribution is 0.649. The van der Waals surface area contributed by atoms with E-state index in [-0.39, 0.29) is 5.56 Å². The lowest BCUT2D eigenvalue weighted by Gasteiger charge is -2.08. The molecule has 0 aliphatic heterocycles. The molecule has 5 nitrogen and oxygen atoms in total. The van der Waals surface area contributed by atoms with Crippen molar-refractivity contribution in [1.82, 2.24) is 9.55 Å². The Morgan fingerprint density at radius 3 is 3.00 bits per heavy atom. The van der Waals surface area contributed by atoms with E-state index in [2.05, 4.69) is 10.3 Å². The van der Waals surface area contributed by atoms with E-state index in [0.29, 0.717) is 24.6 Å². The standard InChI is InChI=1S/C14H18N4O/c1-2-7-18-8-6-16-13(14(18)19)17-10-11-4-3-5-12(15)9-11/h3-6,8-9H,2,7,10,15H2,1H3,(H,16,17). The minimum absolute atomic E-state index is 0.0896. The number of nitrogen functional groups attached to an aromatic ring is 1. The topological polar surface area (TPSA) is 72.9 Å². The molecule has 1 aromatic carbocycles. The Morgan fingerprint density at radius 2 is 2.26 bits per heavy atom. The summed E-state index contributed by atoms with van der Waals surface area (Å²) in [7, 11) is 0. The number of aryl methyl sites for hydroxylation is 1. The van der Waals surface area contributed by atoms with Gasteiger partial charge in [-0.2, -0.15) is 0 Å². The van der Waals surface area contributed by atoms with Crippen molar-refractivity contribution in [2.45, 2.75) is 26.4 Å². The normalized spacial score (nSPS) is 10.4. The first-order chi connectivity index (χ1) is 9.20. The van der Waals surface area contributed by atoms with E-state index in [4.69, 9.17) is 5.73 Å². The van der Waals surface area contributed by atoms with Crippen LogP contribution in [0.3, 0.4) is 0 Å². The number of hydrogen-bond acceptors (Lipinski definition) is 4. The van der Waals surface area contributed by atoms with Crippen molar-refractivity contribution in [3.05, 3.63) is 52.6 Å². The molecule has 0 amide bonds. The van der Waals surface area contributed by atoms with Gasteiger partial charge in [0.05, 0.1) is 0 Å². The molecular weight excluding hydrogens is 240 g/mol. The summed E-state index contributed by atoms with van der Waals surface area (Å²) in [5.74, 6) is 0.373. The van der Waals surface area contributed by atoms with Gasteiger partial charge in [-0.05, 0) is 24.1 Å². The SMILES string of the molecule is CCCn1ccnc(NCc2cccc(N)c2)c1=O. The van der Waals surface area contributed by atoms with E-state index in [9.17, 15) is 4.79 Å². The number of rotatable bonds is 5. The Kier molecular flexibility index (Phi) is 4.18. The van der Waals surface area contributed by atoms with E-state index in [1.807, 2.05) is 31.2 Å². The number of nitrogens with one attached hydrogen (secondary N) is 1. The van der Waals surface area contributed by atoms with Gasteiger partial charge in [0.2, 0.25) is 0 Å². The highest BCUT2D eigenvalue weighted by atomic mass is 16.1. The minimum atomic E-state index is -0.0896. The molecule has 0 aliphatic carbocycles. The second-order valence-electron chi connectivity index (χ2n) is 4.37. The zero-order chi connectivity index (χ0) is 13.7. The average molecular weight is 258 g/mol. The first-order valence-electron chi connectivity index (χ1n) is 6.34. The Morgan fingerprint density at radius 1 is 1.42 bits per heavy atom. The van der Waals surface area contributed by atoms with E-state index in [1.165, 1.54) is 0 Å². The summed E-state index contributed by atoms with van der Waals surface area (Å²) in [4.78, 5) is 16.1. The average Bonchev–Trinajstić information content (AvgIpc) is 2.40. The molecule has 0 radical (unpaired) electrons. The quantitative estimate of drug-likeness (QED) is 0.803. The predicted octanol–water partition coefficient (Wildman–Crippen LogP) is 1.85. The highest BCUT2D eigenvalue weighted by Gasteiger charge is 2.03. The fraction of sp³-hybridized carbons (Fsp3) is 0.286. The van der Waals surface area contributed by atoms with Crippen LogP contribution in [0.25, 0.3) is 0 Å². The summed E-state index contributed by atoms with van der Waals surface area (Å²) in [5.41, 5.74) is 7.35.